The minimum absolute atomic E-state index is 0.0660. The van der Waals surface area contributed by atoms with Crippen molar-refractivity contribution < 1.29 is 4.74 Å². The van der Waals surface area contributed by atoms with Gasteiger partial charge in [0.1, 0.15) is 17.4 Å². The van der Waals surface area contributed by atoms with Crippen LogP contribution in [0.3, 0.4) is 0 Å². The van der Waals surface area contributed by atoms with Crippen LogP contribution in [0.1, 0.15) is 37.4 Å². The predicted octanol–water partition coefficient (Wildman–Crippen LogP) is 4.44. The molecule has 5 heteroatoms. The highest BCUT2D eigenvalue weighted by Crippen LogP contribution is 2.34. The monoisotopic (exact) mass is 330 g/mol. The number of aryl methyl sites for hydroxylation is 1. The number of nitrogens with one attached hydrogen (secondary N) is 1. The molecule has 1 heterocycles. The van der Waals surface area contributed by atoms with Gasteiger partial charge in [0, 0.05) is 21.8 Å². The van der Waals surface area contributed by atoms with E-state index in [2.05, 4.69) is 11.9 Å². The van der Waals surface area contributed by atoms with Gasteiger partial charge in [0.25, 0.3) is 5.56 Å². The van der Waals surface area contributed by atoms with Gasteiger partial charge in [-0.25, -0.2) is 0 Å². The minimum Gasteiger partial charge on any atom is -0.493 e. The van der Waals surface area contributed by atoms with Crippen LogP contribution in [0, 0.1) is 18.3 Å². The molecule has 2 rings (SSSR count). The quantitative estimate of drug-likeness (QED) is 0.796. The summed E-state index contributed by atoms with van der Waals surface area (Å²) in [5.74, 6) is 0.631. The highest BCUT2D eigenvalue weighted by atomic mass is 35.5. The van der Waals surface area contributed by atoms with Crippen molar-refractivity contribution in [3.05, 3.63) is 50.9 Å². The van der Waals surface area contributed by atoms with Crippen LogP contribution in [-0.2, 0) is 0 Å². The molecule has 23 heavy (non-hydrogen) atoms. The molecule has 1 aromatic carbocycles. The Morgan fingerprint density at radius 1 is 1.26 bits per heavy atom. The summed E-state index contributed by atoms with van der Waals surface area (Å²) in [4.78, 5) is 14.7. The lowest BCUT2D eigenvalue weighted by molar-refractivity contribution is 0.307. The largest absolute Gasteiger partial charge is 0.493 e. The van der Waals surface area contributed by atoms with E-state index in [0.717, 1.165) is 19.3 Å². The fourth-order valence-corrected chi connectivity index (χ4v) is 2.56. The Labute approximate surface area is 140 Å². The number of aromatic nitrogens is 1. The molecule has 0 aliphatic rings. The zero-order valence-electron chi connectivity index (χ0n) is 13.3. The molecular formula is C18H19ClN2O2. The van der Waals surface area contributed by atoms with Crippen molar-refractivity contribution in [1.82, 2.24) is 4.98 Å². The van der Waals surface area contributed by atoms with Gasteiger partial charge in [0.15, 0.2) is 0 Å². The van der Waals surface area contributed by atoms with E-state index in [1.165, 1.54) is 0 Å². The van der Waals surface area contributed by atoms with Crippen molar-refractivity contribution in [2.75, 3.05) is 6.61 Å². The number of H-pyrrole nitrogens is 1. The SMILES string of the molecule is CCCCCOc1ccc(Cl)cc1-c1cc(C)[nH]c(=O)c1C#N. The number of rotatable bonds is 6. The second kappa shape index (κ2) is 7.85. The number of ether oxygens (including phenoxy) is 1. The van der Waals surface area contributed by atoms with E-state index in [-0.39, 0.29) is 5.56 Å². The maximum atomic E-state index is 12.0. The zero-order chi connectivity index (χ0) is 16.8. The summed E-state index contributed by atoms with van der Waals surface area (Å²) >= 11 is 6.10. The number of nitriles is 1. The van der Waals surface area contributed by atoms with E-state index in [4.69, 9.17) is 16.3 Å². The summed E-state index contributed by atoms with van der Waals surface area (Å²) in [6, 6.07) is 8.99. The van der Waals surface area contributed by atoms with Crippen LogP contribution in [0.5, 0.6) is 5.75 Å². The van der Waals surface area contributed by atoms with Crippen LogP contribution in [-0.4, -0.2) is 11.6 Å². The second-order valence-electron chi connectivity index (χ2n) is 5.38. The third-order valence-corrected chi connectivity index (χ3v) is 3.75. The third-order valence-electron chi connectivity index (χ3n) is 3.52. The number of hydrogen-bond acceptors (Lipinski definition) is 3. The van der Waals surface area contributed by atoms with E-state index in [9.17, 15) is 10.1 Å². The molecule has 0 atom stereocenters. The lowest BCUT2D eigenvalue weighted by Crippen LogP contribution is -2.13. The molecule has 4 nitrogen and oxygen atoms in total. The van der Waals surface area contributed by atoms with Crippen LogP contribution in [0.25, 0.3) is 11.1 Å². The Morgan fingerprint density at radius 3 is 2.74 bits per heavy atom. The van der Waals surface area contributed by atoms with Gasteiger partial charge in [-0.3, -0.25) is 4.79 Å². The standard InChI is InChI=1S/C18H19ClN2O2/c1-3-4-5-8-23-17-7-6-13(19)10-15(17)14-9-12(2)21-18(22)16(14)11-20/h6-7,9-10H,3-5,8H2,1-2H3,(H,21,22). The summed E-state index contributed by atoms with van der Waals surface area (Å²) in [7, 11) is 0. The zero-order valence-corrected chi connectivity index (χ0v) is 14.0. The first kappa shape index (κ1) is 17.1. The van der Waals surface area contributed by atoms with Gasteiger partial charge in [0.2, 0.25) is 0 Å². The molecule has 0 spiro atoms. The maximum absolute atomic E-state index is 12.0. The molecule has 2 aromatic rings. The smallest absolute Gasteiger partial charge is 0.266 e. The van der Waals surface area contributed by atoms with Crippen LogP contribution in [0.15, 0.2) is 29.1 Å². The van der Waals surface area contributed by atoms with E-state index in [0.29, 0.717) is 34.2 Å². The Kier molecular flexibility index (Phi) is 5.84. The number of aromatic amines is 1. The van der Waals surface area contributed by atoms with Gasteiger partial charge >= 0.3 is 0 Å². The number of nitrogens with zero attached hydrogens (tertiary/aromatic N) is 1. The molecule has 0 saturated carbocycles. The molecule has 1 aromatic heterocycles. The number of pyridine rings is 1. The average molecular weight is 331 g/mol. The first-order valence-electron chi connectivity index (χ1n) is 7.63. The number of benzene rings is 1. The van der Waals surface area contributed by atoms with Crippen molar-refractivity contribution in [2.45, 2.75) is 33.1 Å². The predicted molar refractivity (Wildman–Crippen MR) is 92.0 cm³/mol. The second-order valence-corrected chi connectivity index (χ2v) is 5.81. The maximum Gasteiger partial charge on any atom is 0.266 e. The summed E-state index contributed by atoms with van der Waals surface area (Å²) < 4.78 is 5.85. The van der Waals surface area contributed by atoms with E-state index in [1.807, 2.05) is 6.07 Å². The van der Waals surface area contributed by atoms with Crippen LogP contribution < -0.4 is 10.3 Å². The van der Waals surface area contributed by atoms with Crippen molar-refractivity contribution in [3.8, 4) is 22.9 Å². The summed E-state index contributed by atoms with van der Waals surface area (Å²) in [5.41, 5.74) is 1.55. The van der Waals surface area contributed by atoms with Crippen LogP contribution in [0.2, 0.25) is 5.02 Å². The first-order valence-corrected chi connectivity index (χ1v) is 8.01. The Balaban J connectivity index is 2.49. The molecule has 0 aliphatic heterocycles. The van der Waals surface area contributed by atoms with Gasteiger partial charge in [-0.2, -0.15) is 5.26 Å². The highest BCUT2D eigenvalue weighted by molar-refractivity contribution is 6.31. The van der Waals surface area contributed by atoms with E-state index in [1.54, 1.807) is 31.2 Å². The highest BCUT2D eigenvalue weighted by Gasteiger charge is 2.15. The van der Waals surface area contributed by atoms with Crippen molar-refractivity contribution >= 4 is 11.6 Å². The molecule has 0 saturated heterocycles. The number of unbranched alkanes of at least 4 members (excludes halogenated alkanes) is 2. The van der Waals surface area contributed by atoms with Gasteiger partial charge < -0.3 is 9.72 Å². The Hall–Kier alpha value is -2.25. The molecule has 1 N–H and O–H groups in total. The summed E-state index contributed by atoms with van der Waals surface area (Å²) in [6.45, 7) is 4.50. The van der Waals surface area contributed by atoms with Crippen LogP contribution in [0.4, 0.5) is 0 Å². The van der Waals surface area contributed by atoms with Gasteiger partial charge in [-0.05, 0) is 37.6 Å². The number of hydrogen-bond donors (Lipinski definition) is 1. The normalized spacial score (nSPS) is 10.3. The summed E-state index contributed by atoms with van der Waals surface area (Å²) in [6.07, 6.45) is 3.16. The molecule has 0 fully saturated rings. The average Bonchev–Trinajstić information content (AvgIpc) is 2.52. The van der Waals surface area contributed by atoms with E-state index < -0.39 is 5.56 Å². The molecule has 0 amide bonds. The van der Waals surface area contributed by atoms with Crippen molar-refractivity contribution in [3.63, 3.8) is 0 Å². The third kappa shape index (κ3) is 4.14. The Morgan fingerprint density at radius 2 is 2.04 bits per heavy atom. The van der Waals surface area contributed by atoms with Crippen molar-refractivity contribution in [1.29, 1.82) is 5.26 Å². The van der Waals surface area contributed by atoms with Crippen LogP contribution >= 0.6 is 11.6 Å². The van der Waals surface area contributed by atoms with Crippen molar-refractivity contribution in [2.24, 2.45) is 0 Å². The van der Waals surface area contributed by atoms with Gasteiger partial charge in [0.05, 0.1) is 6.61 Å². The molecule has 0 aliphatic carbocycles. The molecule has 0 unspecified atom stereocenters. The lowest BCUT2D eigenvalue weighted by Gasteiger charge is -2.13. The van der Waals surface area contributed by atoms with Gasteiger partial charge in [-0.15, -0.1) is 0 Å². The molecule has 120 valence electrons. The molecule has 0 radical (unpaired) electrons. The molecular weight excluding hydrogens is 312 g/mol. The Bertz CT molecular complexity index is 791. The lowest BCUT2D eigenvalue weighted by atomic mass is 10.00. The molecule has 0 bridgehead atoms. The fraction of sp³-hybridized carbons (Fsp3) is 0.333. The van der Waals surface area contributed by atoms with E-state index >= 15 is 0 Å². The fourth-order valence-electron chi connectivity index (χ4n) is 2.38. The van der Waals surface area contributed by atoms with Gasteiger partial charge in [-0.1, -0.05) is 31.4 Å². The summed E-state index contributed by atoms with van der Waals surface area (Å²) in [5, 5.41) is 9.84. The number of halogens is 1. The topological polar surface area (TPSA) is 65.9 Å². The first-order chi connectivity index (χ1) is 11.1. The minimum atomic E-state index is -0.403.